The van der Waals surface area contributed by atoms with Gasteiger partial charge in [0.25, 0.3) is 0 Å². The van der Waals surface area contributed by atoms with Gasteiger partial charge in [0.2, 0.25) is 0 Å². The minimum absolute atomic E-state index is 0.300. The van der Waals surface area contributed by atoms with Gasteiger partial charge < -0.3 is 10.4 Å². The lowest BCUT2D eigenvalue weighted by atomic mass is 10.1. The number of hydrogen-bond donors (Lipinski definition) is 2. The summed E-state index contributed by atoms with van der Waals surface area (Å²) in [5.41, 5.74) is 2.06. The summed E-state index contributed by atoms with van der Waals surface area (Å²) in [5, 5.41) is 14.1. The number of rotatable bonds is 6. The van der Waals surface area contributed by atoms with Crippen LogP contribution in [0.2, 0.25) is 5.02 Å². The molecular formula is C17H20ClNO. The van der Waals surface area contributed by atoms with Crippen molar-refractivity contribution in [1.29, 1.82) is 0 Å². The van der Waals surface area contributed by atoms with Crippen LogP contribution in [0.5, 0.6) is 0 Å². The molecule has 2 N–H and O–H groups in total. The van der Waals surface area contributed by atoms with Gasteiger partial charge in [-0.15, -0.1) is 0 Å². The lowest BCUT2D eigenvalue weighted by Gasteiger charge is -2.18. The molecule has 20 heavy (non-hydrogen) atoms. The second-order valence-corrected chi connectivity index (χ2v) is 5.44. The highest BCUT2D eigenvalue weighted by Gasteiger charge is 2.12. The SMILES string of the molecule is C[C@H](Cc1ccccc1)NC[C@H](O)c1ccccc1Cl. The Morgan fingerprint density at radius 1 is 1.05 bits per heavy atom. The van der Waals surface area contributed by atoms with E-state index in [4.69, 9.17) is 11.6 Å². The molecule has 0 fully saturated rings. The zero-order chi connectivity index (χ0) is 14.4. The minimum Gasteiger partial charge on any atom is -0.387 e. The molecule has 106 valence electrons. The summed E-state index contributed by atoms with van der Waals surface area (Å²) in [7, 11) is 0. The maximum absolute atomic E-state index is 10.2. The van der Waals surface area contributed by atoms with Crippen molar-refractivity contribution in [1.82, 2.24) is 5.32 Å². The van der Waals surface area contributed by atoms with Crippen molar-refractivity contribution in [3.05, 3.63) is 70.7 Å². The van der Waals surface area contributed by atoms with Gasteiger partial charge in [-0.05, 0) is 25.0 Å². The van der Waals surface area contributed by atoms with Crippen LogP contribution >= 0.6 is 11.6 Å². The highest BCUT2D eigenvalue weighted by Crippen LogP contribution is 2.22. The monoisotopic (exact) mass is 289 g/mol. The van der Waals surface area contributed by atoms with Crippen molar-refractivity contribution in [2.75, 3.05) is 6.54 Å². The minimum atomic E-state index is -0.582. The van der Waals surface area contributed by atoms with E-state index in [1.54, 1.807) is 6.07 Å². The standard InChI is InChI=1S/C17H20ClNO/c1-13(11-14-7-3-2-4-8-14)19-12-17(20)15-9-5-6-10-16(15)18/h2-10,13,17,19-20H,11-12H2,1H3/t13-,17+/m1/s1. The van der Waals surface area contributed by atoms with Crippen LogP contribution in [0, 0.1) is 0 Å². The number of nitrogens with one attached hydrogen (secondary N) is 1. The van der Waals surface area contributed by atoms with Gasteiger partial charge in [-0.1, -0.05) is 60.1 Å². The molecule has 0 unspecified atom stereocenters. The smallest absolute Gasteiger partial charge is 0.0928 e. The second-order valence-electron chi connectivity index (χ2n) is 5.04. The van der Waals surface area contributed by atoms with Crippen LogP contribution in [-0.4, -0.2) is 17.7 Å². The third kappa shape index (κ3) is 4.34. The summed E-state index contributed by atoms with van der Waals surface area (Å²) in [6.07, 6.45) is 0.359. The summed E-state index contributed by atoms with van der Waals surface area (Å²) in [4.78, 5) is 0. The first-order valence-electron chi connectivity index (χ1n) is 6.86. The summed E-state index contributed by atoms with van der Waals surface area (Å²) < 4.78 is 0. The first-order chi connectivity index (χ1) is 9.66. The molecule has 0 spiro atoms. The summed E-state index contributed by atoms with van der Waals surface area (Å²) in [6, 6.07) is 18.0. The summed E-state index contributed by atoms with van der Waals surface area (Å²) in [6.45, 7) is 2.62. The number of aliphatic hydroxyl groups excluding tert-OH is 1. The van der Waals surface area contributed by atoms with E-state index in [0.29, 0.717) is 17.6 Å². The Balaban J connectivity index is 1.84. The van der Waals surface area contributed by atoms with Crippen LogP contribution < -0.4 is 5.32 Å². The van der Waals surface area contributed by atoms with Crippen LogP contribution in [0.15, 0.2) is 54.6 Å². The van der Waals surface area contributed by atoms with Gasteiger partial charge in [-0.2, -0.15) is 0 Å². The van der Waals surface area contributed by atoms with Crippen LogP contribution in [0.25, 0.3) is 0 Å². The van der Waals surface area contributed by atoms with Crippen LogP contribution in [-0.2, 0) is 6.42 Å². The quantitative estimate of drug-likeness (QED) is 0.852. The molecule has 0 aromatic heterocycles. The largest absolute Gasteiger partial charge is 0.387 e. The van der Waals surface area contributed by atoms with E-state index in [9.17, 15) is 5.11 Å². The zero-order valence-electron chi connectivity index (χ0n) is 11.6. The second kappa shape index (κ2) is 7.44. The Bertz CT molecular complexity index is 530. The highest BCUT2D eigenvalue weighted by molar-refractivity contribution is 6.31. The molecule has 0 radical (unpaired) electrons. The molecule has 2 atom stereocenters. The molecular weight excluding hydrogens is 270 g/mol. The predicted molar refractivity (Wildman–Crippen MR) is 84.0 cm³/mol. The van der Waals surface area contributed by atoms with E-state index < -0.39 is 6.10 Å². The average molecular weight is 290 g/mol. The van der Waals surface area contributed by atoms with E-state index in [0.717, 1.165) is 12.0 Å². The van der Waals surface area contributed by atoms with E-state index in [1.165, 1.54) is 5.56 Å². The molecule has 0 amide bonds. The summed E-state index contributed by atoms with van der Waals surface area (Å²) >= 11 is 6.08. The fourth-order valence-electron chi connectivity index (χ4n) is 2.21. The lowest BCUT2D eigenvalue weighted by Crippen LogP contribution is -2.32. The molecule has 2 nitrogen and oxygen atoms in total. The summed E-state index contributed by atoms with van der Waals surface area (Å²) in [5.74, 6) is 0. The highest BCUT2D eigenvalue weighted by atomic mass is 35.5. The molecule has 0 heterocycles. The van der Waals surface area contributed by atoms with Gasteiger partial charge in [0.15, 0.2) is 0 Å². The molecule has 2 aromatic rings. The Morgan fingerprint density at radius 2 is 1.70 bits per heavy atom. The van der Waals surface area contributed by atoms with E-state index in [2.05, 4.69) is 24.4 Å². The Kier molecular flexibility index (Phi) is 5.60. The van der Waals surface area contributed by atoms with Gasteiger partial charge in [0.1, 0.15) is 0 Å². The average Bonchev–Trinajstić information content (AvgIpc) is 2.46. The third-order valence-electron chi connectivity index (χ3n) is 3.31. The van der Waals surface area contributed by atoms with E-state index in [-0.39, 0.29) is 0 Å². The zero-order valence-corrected chi connectivity index (χ0v) is 12.3. The van der Waals surface area contributed by atoms with Crippen LogP contribution in [0.4, 0.5) is 0 Å². The number of hydrogen-bond acceptors (Lipinski definition) is 2. The van der Waals surface area contributed by atoms with Crippen molar-refractivity contribution >= 4 is 11.6 Å². The maximum atomic E-state index is 10.2. The Hall–Kier alpha value is -1.35. The van der Waals surface area contributed by atoms with Crippen molar-refractivity contribution in [3.8, 4) is 0 Å². The molecule has 0 bridgehead atoms. The van der Waals surface area contributed by atoms with Gasteiger partial charge in [0.05, 0.1) is 6.10 Å². The normalized spacial score (nSPS) is 13.9. The van der Waals surface area contributed by atoms with Crippen molar-refractivity contribution in [2.45, 2.75) is 25.5 Å². The van der Waals surface area contributed by atoms with E-state index >= 15 is 0 Å². The van der Waals surface area contributed by atoms with Crippen molar-refractivity contribution in [2.24, 2.45) is 0 Å². The van der Waals surface area contributed by atoms with Gasteiger partial charge in [-0.3, -0.25) is 0 Å². The lowest BCUT2D eigenvalue weighted by molar-refractivity contribution is 0.170. The molecule has 2 rings (SSSR count). The first-order valence-corrected chi connectivity index (χ1v) is 7.24. The van der Waals surface area contributed by atoms with Crippen LogP contribution in [0.3, 0.4) is 0 Å². The maximum Gasteiger partial charge on any atom is 0.0928 e. The topological polar surface area (TPSA) is 32.3 Å². The number of benzene rings is 2. The fraction of sp³-hybridized carbons (Fsp3) is 0.294. The molecule has 0 aliphatic heterocycles. The van der Waals surface area contributed by atoms with Crippen LogP contribution in [0.1, 0.15) is 24.2 Å². The Labute approximate surface area is 125 Å². The molecule has 0 saturated heterocycles. The number of aliphatic hydroxyl groups is 1. The van der Waals surface area contributed by atoms with Gasteiger partial charge in [0, 0.05) is 23.2 Å². The predicted octanol–water partition coefficient (Wildman–Crippen LogP) is 3.59. The van der Waals surface area contributed by atoms with Gasteiger partial charge >= 0.3 is 0 Å². The number of halogens is 1. The molecule has 0 saturated carbocycles. The molecule has 3 heteroatoms. The fourth-order valence-corrected chi connectivity index (χ4v) is 2.47. The van der Waals surface area contributed by atoms with Gasteiger partial charge in [-0.25, -0.2) is 0 Å². The van der Waals surface area contributed by atoms with Crippen molar-refractivity contribution in [3.63, 3.8) is 0 Å². The van der Waals surface area contributed by atoms with Crippen molar-refractivity contribution < 1.29 is 5.11 Å². The third-order valence-corrected chi connectivity index (χ3v) is 3.65. The molecule has 0 aliphatic rings. The first kappa shape index (κ1) is 15.0. The molecule has 0 aliphatic carbocycles. The Morgan fingerprint density at radius 3 is 2.40 bits per heavy atom. The molecule has 2 aromatic carbocycles. The van der Waals surface area contributed by atoms with E-state index in [1.807, 2.05) is 36.4 Å².